The lowest BCUT2D eigenvalue weighted by Crippen LogP contribution is -2.00. The number of pyridine rings is 1. The molecule has 5 heteroatoms. The lowest BCUT2D eigenvalue weighted by molar-refractivity contribution is 0.669. The summed E-state index contributed by atoms with van der Waals surface area (Å²) in [4.78, 5) is 19.8. The van der Waals surface area contributed by atoms with E-state index in [4.69, 9.17) is 24.4 Å². The third-order valence-electron chi connectivity index (χ3n) is 10.6. The first kappa shape index (κ1) is 31.1. The maximum absolute atomic E-state index is 6.17. The molecule has 3 heterocycles. The first-order chi connectivity index (χ1) is 27.2. The van der Waals surface area contributed by atoms with Crippen LogP contribution in [0.1, 0.15) is 0 Å². The third-order valence-corrected chi connectivity index (χ3v) is 10.6. The van der Waals surface area contributed by atoms with E-state index in [1.165, 1.54) is 16.2 Å². The van der Waals surface area contributed by atoms with Crippen molar-refractivity contribution in [2.75, 3.05) is 0 Å². The van der Waals surface area contributed by atoms with Crippen LogP contribution in [0.2, 0.25) is 0 Å². The zero-order valence-electron chi connectivity index (χ0n) is 29.5. The van der Waals surface area contributed by atoms with Crippen LogP contribution in [0.15, 0.2) is 187 Å². The molecule has 0 N–H and O–H groups in total. The molecule has 256 valence electrons. The van der Waals surface area contributed by atoms with Gasteiger partial charge in [0, 0.05) is 49.8 Å². The van der Waals surface area contributed by atoms with E-state index in [0.717, 1.165) is 77.2 Å². The molecular formula is C50H30N4O. The van der Waals surface area contributed by atoms with Gasteiger partial charge in [0.15, 0.2) is 17.5 Å². The van der Waals surface area contributed by atoms with Gasteiger partial charge in [0.25, 0.3) is 0 Å². The highest BCUT2D eigenvalue weighted by Gasteiger charge is 2.16. The first-order valence-corrected chi connectivity index (χ1v) is 18.4. The van der Waals surface area contributed by atoms with Crippen LogP contribution >= 0.6 is 0 Å². The number of aromatic nitrogens is 4. The van der Waals surface area contributed by atoms with Gasteiger partial charge in [0.1, 0.15) is 11.2 Å². The molecule has 0 bridgehead atoms. The third kappa shape index (κ3) is 5.24. The van der Waals surface area contributed by atoms with Gasteiger partial charge in [-0.15, -0.1) is 0 Å². The van der Waals surface area contributed by atoms with Gasteiger partial charge in [0.2, 0.25) is 0 Å². The molecule has 5 nitrogen and oxygen atoms in total. The van der Waals surface area contributed by atoms with E-state index < -0.39 is 0 Å². The average Bonchev–Trinajstić information content (AvgIpc) is 3.65. The fourth-order valence-electron chi connectivity index (χ4n) is 7.94. The molecule has 0 unspecified atom stereocenters. The van der Waals surface area contributed by atoms with E-state index >= 15 is 0 Å². The Kier molecular flexibility index (Phi) is 7.10. The maximum atomic E-state index is 6.17. The van der Waals surface area contributed by atoms with Crippen LogP contribution in [-0.2, 0) is 0 Å². The Balaban J connectivity index is 0.999. The number of para-hydroxylation sites is 2. The summed E-state index contributed by atoms with van der Waals surface area (Å²) in [5, 5.41) is 8.15. The summed E-state index contributed by atoms with van der Waals surface area (Å²) in [7, 11) is 0. The Morgan fingerprint density at radius 2 is 0.873 bits per heavy atom. The van der Waals surface area contributed by atoms with Crippen LogP contribution < -0.4 is 0 Å². The minimum atomic E-state index is 0.617. The maximum Gasteiger partial charge on any atom is 0.164 e. The average molecular weight is 703 g/mol. The van der Waals surface area contributed by atoms with E-state index in [0.29, 0.717) is 17.5 Å². The fraction of sp³-hybridized carbons (Fsp3) is 0. The summed E-state index contributed by atoms with van der Waals surface area (Å²) < 4.78 is 6.17. The molecule has 0 saturated carbocycles. The molecule has 3 aromatic heterocycles. The second kappa shape index (κ2) is 12.6. The van der Waals surface area contributed by atoms with Crippen LogP contribution in [0.4, 0.5) is 0 Å². The molecule has 0 radical (unpaired) electrons. The van der Waals surface area contributed by atoms with Crippen molar-refractivity contribution in [1.29, 1.82) is 0 Å². The molecule has 11 rings (SSSR count). The molecule has 8 aromatic carbocycles. The van der Waals surface area contributed by atoms with Gasteiger partial charge in [-0.05, 0) is 57.3 Å². The minimum absolute atomic E-state index is 0.617. The monoisotopic (exact) mass is 702 g/mol. The molecule has 0 atom stereocenters. The zero-order chi connectivity index (χ0) is 36.3. The lowest BCUT2D eigenvalue weighted by Gasteiger charge is -2.13. The van der Waals surface area contributed by atoms with E-state index in [9.17, 15) is 0 Å². The number of benzene rings is 8. The van der Waals surface area contributed by atoms with Crippen LogP contribution in [0.3, 0.4) is 0 Å². The van der Waals surface area contributed by atoms with Crippen LogP contribution in [0.25, 0.3) is 111 Å². The molecule has 0 amide bonds. The Bertz CT molecular complexity index is 3240. The van der Waals surface area contributed by atoms with Gasteiger partial charge in [-0.25, -0.2) is 15.0 Å². The summed E-state index contributed by atoms with van der Waals surface area (Å²) in [6, 6.07) is 60.8. The summed E-state index contributed by atoms with van der Waals surface area (Å²) in [5.74, 6) is 1.86. The lowest BCUT2D eigenvalue weighted by atomic mass is 9.92. The predicted octanol–water partition coefficient (Wildman–Crippen LogP) is 13.0. The van der Waals surface area contributed by atoms with Crippen molar-refractivity contribution in [3.8, 4) is 56.4 Å². The first-order valence-electron chi connectivity index (χ1n) is 18.4. The molecular weight excluding hydrogens is 673 g/mol. The van der Waals surface area contributed by atoms with Crippen LogP contribution in [0, 0.1) is 0 Å². The Hall–Kier alpha value is -7.50. The highest BCUT2D eigenvalue weighted by Crippen LogP contribution is 2.39. The van der Waals surface area contributed by atoms with Crippen molar-refractivity contribution in [2.24, 2.45) is 0 Å². The summed E-state index contributed by atoms with van der Waals surface area (Å²) >= 11 is 0. The molecule has 0 saturated heterocycles. The van der Waals surface area contributed by atoms with Crippen LogP contribution in [-0.4, -0.2) is 19.9 Å². The van der Waals surface area contributed by atoms with Crippen molar-refractivity contribution >= 4 is 54.4 Å². The van der Waals surface area contributed by atoms with Crippen molar-refractivity contribution in [3.05, 3.63) is 182 Å². The van der Waals surface area contributed by atoms with Gasteiger partial charge < -0.3 is 4.42 Å². The van der Waals surface area contributed by atoms with E-state index in [2.05, 4.69) is 115 Å². The van der Waals surface area contributed by atoms with Crippen molar-refractivity contribution in [2.45, 2.75) is 0 Å². The quantitative estimate of drug-likeness (QED) is 0.167. The van der Waals surface area contributed by atoms with E-state index in [-0.39, 0.29) is 0 Å². The van der Waals surface area contributed by atoms with Crippen molar-refractivity contribution < 1.29 is 4.42 Å². The van der Waals surface area contributed by atoms with Gasteiger partial charge >= 0.3 is 0 Å². The van der Waals surface area contributed by atoms with Gasteiger partial charge in [-0.1, -0.05) is 152 Å². The summed E-state index contributed by atoms with van der Waals surface area (Å²) in [6.07, 6.45) is 1.99. The topological polar surface area (TPSA) is 64.7 Å². The van der Waals surface area contributed by atoms with E-state index in [1.807, 2.05) is 66.9 Å². The highest BCUT2D eigenvalue weighted by atomic mass is 16.3. The molecule has 55 heavy (non-hydrogen) atoms. The number of hydrogen-bond acceptors (Lipinski definition) is 5. The normalized spacial score (nSPS) is 11.6. The number of hydrogen-bond donors (Lipinski definition) is 0. The largest absolute Gasteiger partial charge is 0.456 e. The molecule has 11 aromatic rings. The number of nitrogens with zero attached hydrogens (tertiary/aromatic N) is 4. The second-order valence-corrected chi connectivity index (χ2v) is 13.8. The standard InChI is InChI=1S/C50H30N4O/c1-2-11-33(12-3-1)48-52-49(34-25-21-31(22-26-34)37-17-10-20-45-47(37)41-16-7-9-19-44(41)55-45)54-50(53-48)35-27-23-32(24-28-35)42-29-36-30-51-43-18-8-6-15-40(43)46(36)39-14-5-4-13-38(39)42/h1-30H. The van der Waals surface area contributed by atoms with E-state index in [1.54, 1.807) is 0 Å². The molecule has 0 aliphatic rings. The van der Waals surface area contributed by atoms with Gasteiger partial charge in [-0.2, -0.15) is 0 Å². The minimum Gasteiger partial charge on any atom is -0.456 e. The van der Waals surface area contributed by atoms with Crippen molar-refractivity contribution in [3.63, 3.8) is 0 Å². The summed E-state index contributed by atoms with van der Waals surface area (Å²) in [6.45, 7) is 0. The molecule has 0 spiro atoms. The van der Waals surface area contributed by atoms with Crippen LogP contribution in [0.5, 0.6) is 0 Å². The molecule has 0 aliphatic heterocycles. The molecule has 0 fully saturated rings. The van der Waals surface area contributed by atoms with Gasteiger partial charge in [0.05, 0.1) is 5.52 Å². The smallest absolute Gasteiger partial charge is 0.164 e. The Labute approximate surface area is 316 Å². The Morgan fingerprint density at radius 3 is 1.58 bits per heavy atom. The second-order valence-electron chi connectivity index (χ2n) is 13.8. The SMILES string of the molecule is c1ccc(-c2nc(-c3ccc(-c4cc5cnc6ccccc6c5c5ccccc45)cc3)nc(-c3ccc(-c4cccc5oc6ccccc6c45)cc3)n2)cc1. The number of fused-ring (bicyclic) bond motifs is 8. The number of furan rings is 1. The molecule has 0 aliphatic carbocycles. The highest BCUT2D eigenvalue weighted by molar-refractivity contribution is 6.22. The summed E-state index contributed by atoms with van der Waals surface area (Å²) in [5.41, 5.74) is 10.0. The predicted molar refractivity (Wildman–Crippen MR) is 225 cm³/mol. The van der Waals surface area contributed by atoms with Gasteiger partial charge in [-0.3, -0.25) is 4.98 Å². The van der Waals surface area contributed by atoms with Crippen molar-refractivity contribution in [1.82, 2.24) is 19.9 Å². The number of rotatable bonds is 5. The zero-order valence-corrected chi connectivity index (χ0v) is 29.5. The fourth-order valence-corrected chi connectivity index (χ4v) is 7.94. The Morgan fingerprint density at radius 1 is 0.345 bits per heavy atom.